The van der Waals surface area contributed by atoms with Gasteiger partial charge in [0.1, 0.15) is 0 Å². The van der Waals surface area contributed by atoms with Gasteiger partial charge < -0.3 is 15.4 Å². The van der Waals surface area contributed by atoms with Gasteiger partial charge in [0.15, 0.2) is 0 Å². The minimum Gasteiger partial charge on any atom is -0.379 e. The Morgan fingerprint density at radius 3 is 2.83 bits per heavy atom. The van der Waals surface area contributed by atoms with Crippen molar-refractivity contribution in [2.75, 3.05) is 44.7 Å². The van der Waals surface area contributed by atoms with Gasteiger partial charge in [0.25, 0.3) is 5.91 Å². The topological polar surface area (TPSA) is 70.7 Å². The first-order chi connectivity index (χ1) is 11.5. The molecule has 2 N–H and O–H groups in total. The molecular formula is C18H25N3O3. The summed E-state index contributed by atoms with van der Waals surface area (Å²) in [5, 5.41) is 5.86. The molecule has 1 aromatic carbocycles. The number of benzene rings is 1. The van der Waals surface area contributed by atoms with Crippen LogP contribution >= 0.6 is 0 Å². The summed E-state index contributed by atoms with van der Waals surface area (Å²) < 4.78 is 5.32. The molecule has 1 aromatic rings. The Morgan fingerprint density at radius 2 is 2.08 bits per heavy atom. The maximum atomic E-state index is 12.4. The van der Waals surface area contributed by atoms with Gasteiger partial charge in [-0.25, -0.2) is 0 Å². The van der Waals surface area contributed by atoms with Gasteiger partial charge in [-0.3, -0.25) is 14.5 Å². The van der Waals surface area contributed by atoms with Crippen molar-refractivity contribution in [1.82, 2.24) is 10.2 Å². The molecule has 0 spiro atoms. The van der Waals surface area contributed by atoms with Crippen LogP contribution in [0.5, 0.6) is 0 Å². The number of ether oxygens (including phenoxy) is 1. The number of morpholine rings is 1. The molecule has 0 aromatic heterocycles. The molecule has 6 nitrogen and oxygen atoms in total. The lowest BCUT2D eigenvalue weighted by Crippen LogP contribution is -2.41. The zero-order valence-corrected chi connectivity index (χ0v) is 14.4. The van der Waals surface area contributed by atoms with Crippen molar-refractivity contribution in [3.05, 3.63) is 29.3 Å². The first-order valence-electron chi connectivity index (χ1n) is 8.48. The molecule has 0 saturated carbocycles. The van der Waals surface area contributed by atoms with Crippen LogP contribution in [0, 0.1) is 0 Å². The number of carbonyl (C=O) groups excluding carboxylic acids is 2. The van der Waals surface area contributed by atoms with Gasteiger partial charge in [0, 0.05) is 49.3 Å². The molecule has 130 valence electrons. The third-order valence-corrected chi connectivity index (χ3v) is 4.70. The zero-order chi connectivity index (χ0) is 17.2. The summed E-state index contributed by atoms with van der Waals surface area (Å²) in [6, 6.07) is 5.49. The fourth-order valence-electron chi connectivity index (χ4n) is 3.30. The van der Waals surface area contributed by atoms with Gasteiger partial charge in [0.05, 0.1) is 13.2 Å². The highest BCUT2D eigenvalue weighted by Crippen LogP contribution is 2.37. The monoisotopic (exact) mass is 331 g/mol. The highest BCUT2D eigenvalue weighted by atomic mass is 16.5. The highest BCUT2D eigenvalue weighted by molar-refractivity contribution is 5.98. The first kappa shape index (κ1) is 16.9. The van der Waals surface area contributed by atoms with Crippen molar-refractivity contribution in [1.29, 1.82) is 0 Å². The van der Waals surface area contributed by atoms with Gasteiger partial charge in [-0.2, -0.15) is 0 Å². The van der Waals surface area contributed by atoms with E-state index in [-0.39, 0.29) is 17.2 Å². The summed E-state index contributed by atoms with van der Waals surface area (Å²) in [7, 11) is 0. The summed E-state index contributed by atoms with van der Waals surface area (Å²) >= 11 is 0. The molecule has 0 unspecified atom stereocenters. The Hall–Kier alpha value is -1.92. The van der Waals surface area contributed by atoms with Gasteiger partial charge >= 0.3 is 0 Å². The number of hydrogen-bond acceptors (Lipinski definition) is 4. The van der Waals surface area contributed by atoms with Crippen molar-refractivity contribution in [2.45, 2.75) is 25.7 Å². The average molecular weight is 331 g/mol. The number of nitrogens with zero attached hydrogens (tertiary/aromatic N) is 1. The maximum Gasteiger partial charge on any atom is 0.251 e. The molecule has 6 heteroatoms. The number of carbonyl (C=O) groups is 2. The lowest BCUT2D eigenvalue weighted by Gasteiger charge is -2.32. The van der Waals surface area contributed by atoms with E-state index in [4.69, 9.17) is 4.74 Å². The molecule has 2 heterocycles. The highest BCUT2D eigenvalue weighted by Gasteiger charge is 2.32. The predicted molar refractivity (Wildman–Crippen MR) is 92.3 cm³/mol. The molecule has 0 aliphatic carbocycles. The molecule has 1 fully saturated rings. The van der Waals surface area contributed by atoms with Crippen LogP contribution < -0.4 is 10.6 Å². The second-order valence-corrected chi connectivity index (χ2v) is 7.08. The van der Waals surface area contributed by atoms with E-state index in [1.165, 1.54) is 0 Å². The average Bonchev–Trinajstić information content (AvgIpc) is 2.54. The van der Waals surface area contributed by atoms with E-state index in [1.807, 2.05) is 26.0 Å². The lowest BCUT2D eigenvalue weighted by molar-refractivity contribution is -0.117. The Labute approximate surface area is 142 Å². The fraction of sp³-hybridized carbons (Fsp3) is 0.556. The van der Waals surface area contributed by atoms with Crippen LogP contribution in [-0.4, -0.2) is 56.1 Å². The normalized spacial score (nSPS) is 20.2. The smallest absolute Gasteiger partial charge is 0.251 e. The van der Waals surface area contributed by atoms with E-state index in [2.05, 4.69) is 15.5 Å². The van der Waals surface area contributed by atoms with Crippen molar-refractivity contribution >= 4 is 17.5 Å². The molecule has 1 saturated heterocycles. The van der Waals surface area contributed by atoms with Crippen LogP contribution in [0.2, 0.25) is 0 Å². The quantitative estimate of drug-likeness (QED) is 0.874. The summed E-state index contributed by atoms with van der Waals surface area (Å²) in [6.07, 6.45) is 0.433. The summed E-state index contributed by atoms with van der Waals surface area (Å²) in [6.45, 7) is 8.89. The fourth-order valence-corrected chi connectivity index (χ4v) is 3.30. The molecule has 2 aliphatic rings. The second kappa shape index (κ2) is 6.91. The molecular weight excluding hydrogens is 306 g/mol. The number of fused-ring (bicyclic) bond motifs is 1. The van der Waals surface area contributed by atoms with Crippen molar-refractivity contribution in [3.8, 4) is 0 Å². The molecule has 3 rings (SSSR count). The molecule has 0 radical (unpaired) electrons. The van der Waals surface area contributed by atoms with E-state index >= 15 is 0 Å². The first-order valence-corrected chi connectivity index (χ1v) is 8.48. The summed E-state index contributed by atoms with van der Waals surface area (Å²) in [5.74, 6) is -0.0472. The van der Waals surface area contributed by atoms with E-state index in [9.17, 15) is 9.59 Å². The van der Waals surface area contributed by atoms with Crippen molar-refractivity contribution in [2.24, 2.45) is 0 Å². The van der Waals surface area contributed by atoms with Crippen LogP contribution in [0.25, 0.3) is 0 Å². The third kappa shape index (κ3) is 3.76. The van der Waals surface area contributed by atoms with E-state index in [1.54, 1.807) is 6.07 Å². The zero-order valence-electron chi connectivity index (χ0n) is 14.4. The molecule has 2 aliphatic heterocycles. The second-order valence-electron chi connectivity index (χ2n) is 7.08. The van der Waals surface area contributed by atoms with E-state index in [0.29, 0.717) is 18.5 Å². The van der Waals surface area contributed by atoms with Crippen LogP contribution in [0.4, 0.5) is 5.69 Å². The molecule has 0 bridgehead atoms. The number of hydrogen-bond donors (Lipinski definition) is 2. The summed E-state index contributed by atoms with van der Waals surface area (Å²) in [4.78, 5) is 26.4. The molecule has 24 heavy (non-hydrogen) atoms. The number of nitrogens with one attached hydrogen (secondary N) is 2. The van der Waals surface area contributed by atoms with Gasteiger partial charge in [0.2, 0.25) is 5.91 Å². The van der Waals surface area contributed by atoms with Crippen molar-refractivity contribution in [3.63, 3.8) is 0 Å². The molecule has 0 atom stereocenters. The number of anilines is 1. The summed E-state index contributed by atoms with van der Waals surface area (Å²) in [5.41, 5.74) is 2.20. The van der Waals surface area contributed by atoms with E-state index < -0.39 is 0 Å². The lowest BCUT2D eigenvalue weighted by atomic mass is 9.77. The Bertz CT molecular complexity index is 636. The van der Waals surface area contributed by atoms with Crippen LogP contribution in [0.15, 0.2) is 18.2 Å². The Kier molecular flexibility index (Phi) is 4.87. The Balaban J connectivity index is 1.62. The van der Waals surface area contributed by atoms with Gasteiger partial charge in [-0.05, 0) is 23.8 Å². The van der Waals surface area contributed by atoms with Crippen molar-refractivity contribution < 1.29 is 14.3 Å². The largest absolute Gasteiger partial charge is 0.379 e. The predicted octanol–water partition coefficient (Wildman–Crippen LogP) is 1.37. The number of rotatable bonds is 4. The SMILES string of the molecule is CC1(C)CC(=O)Nc2ccc(C(=O)NCCN3CCOCC3)cc21. The number of amides is 2. The van der Waals surface area contributed by atoms with Crippen LogP contribution in [0.3, 0.4) is 0 Å². The Morgan fingerprint density at radius 1 is 1.33 bits per heavy atom. The van der Waals surface area contributed by atoms with Gasteiger partial charge in [-0.15, -0.1) is 0 Å². The third-order valence-electron chi connectivity index (χ3n) is 4.70. The van der Waals surface area contributed by atoms with Crippen LogP contribution in [0.1, 0.15) is 36.2 Å². The maximum absolute atomic E-state index is 12.4. The minimum absolute atomic E-state index is 0.0233. The molecule has 2 amide bonds. The van der Waals surface area contributed by atoms with Crippen LogP contribution in [-0.2, 0) is 14.9 Å². The minimum atomic E-state index is -0.262. The van der Waals surface area contributed by atoms with Gasteiger partial charge in [-0.1, -0.05) is 13.8 Å². The van der Waals surface area contributed by atoms with E-state index in [0.717, 1.165) is 44.1 Å². The standard InChI is InChI=1S/C18H25N3O3/c1-18(2)12-16(22)20-15-4-3-13(11-14(15)18)17(23)19-5-6-21-7-9-24-10-8-21/h3-4,11H,5-10,12H2,1-2H3,(H,19,23)(H,20,22).